The van der Waals surface area contributed by atoms with Gasteiger partial charge < -0.3 is 5.73 Å². The molecule has 0 aliphatic heterocycles. The fraction of sp³-hybridized carbons (Fsp3) is 0.615. The summed E-state index contributed by atoms with van der Waals surface area (Å²) in [4.78, 5) is 4.24. The molecule has 2 N–H and O–H groups in total. The molecule has 0 bridgehead atoms. The van der Waals surface area contributed by atoms with Crippen molar-refractivity contribution >= 4 is 15.5 Å². The van der Waals surface area contributed by atoms with E-state index >= 15 is 0 Å². The molecule has 0 amide bonds. The third kappa shape index (κ3) is 2.51. The van der Waals surface area contributed by atoms with Crippen LogP contribution in [-0.2, 0) is 15.6 Å². The summed E-state index contributed by atoms with van der Waals surface area (Å²) in [6.45, 7) is 3.72. The van der Waals surface area contributed by atoms with Gasteiger partial charge in [-0.3, -0.25) is 4.98 Å². The highest BCUT2D eigenvalue weighted by atomic mass is 32.2. The van der Waals surface area contributed by atoms with Crippen LogP contribution in [0.5, 0.6) is 0 Å². The van der Waals surface area contributed by atoms with E-state index in [4.69, 9.17) is 5.73 Å². The molecule has 1 aromatic rings. The average Bonchev–Trinajstić information content (AvgIpc) is 2.84. The smallest absolute Gasteiger partial charge is 0.158 e. The number of hydrogen-bond acceptors (Lipinski definition) is 4. The molecule has 18 heavy (non-hydrogen) atoms. The van der Waals surface area contributed by atoms with E-state index in [1.165, 1.54) is 0 Å². The molecular formula is C13H20N2O2S. The highest BCUT2D eigenvalue weighted by Crippen LogP contribution is 2.28. The van der Waals surface area contributed by atoms with Crippen LogP contribution in [0.15, 0.2) is 6.20 Å². The van der Waals surface area contributed by atoms with Crippen LogP contribution in [0.1, 0.15) is 42.5 Å². The first kappa shape index (κ1) is 13.3. The van der Waals surface area contributed by atoms with Crippen molar-refractivity contribution in [1.82, 2.24) is 4.98 Å². The average molecular weight is 268 g/mol. The van der Waals surface area contributed by atoms with Gasteiger partial charge >= 0.3 is 0 Å². The van der Waals surface area contributed by atoms with Gasteiger partial charge in [0.1, 0.15) is 0 Å². The fourth-order valence-electron chi connectivity index (χ4n) is 2.49. The van der Waals surface area contributed by atoms with E-state index in [9.17, 15) is 8.42 Å². The molecule has 100 valence electrons. The number of sulfone groups is 1. The normalized spacial score (nSPS) is 17.2. The van der Waals surface area contributed by atoms with Gasteiger partial charge in [-0.2, -0.15) is 0 Å². The van der Waals surface area contributed by atoms with Crippen molar-refractivity contribution in [2.75, 3.05) is 5.73 Å². The fourth-order valence-corrected chi connectivity index (χ4v) is 4.45. The Morgan fingerprint density at radius 2 is 1.94 bits per heavy atom. The van der Waals surface area contributed by atoms with E-state index in [0.717, 1.165) is 36.8 Å². The van der Waals surface area contributed by atoms with Gasteiger partial charge in [-0.05, 0) is 37.8 Å². The van der Waals surface area contributed by atoms with Gasteiger partial charge in [-0.15, -0.1) is 0 Å². The van der Waals surface area contributed by atoms with Gasteiger partial charge in [0.25, 0.3) is 0 Å². The topological polar surface area (TPSA) is 73.0 Å². The summed E-state index contributed by atoms with van der Waals surface area (Å²) in [7, 11) is -3.08. The molecule has 0 saturated heterocycles. The zero-order valence-corrected chi connectivity index (χ0v) is 11.8. The second-order valence-corrected chi connectivity index (χ2v) is 7.42. The molecule has 2 rings (SSSR count). The van der Waals surface area contributed by atoms with Crippen LogP contribution in [0.25, 0.3) is 0 Å². The largest absolute Gasteiger partial charge is 0.398 e. The summed E-state index contributed by atoms with van der Waals surface area (Å²) in [5, 5.41) is -0.179. The van der Waals surface area contributed by atoms with Crippen molar-refractivity contribution < 1.29 is 8.42 Å². The lowest BCUT2D eigenvalue weighted by Crippen LogP contribution is -2.21. The molecule has 1 fully saturated rings. The molecule has 0 unspecified atom stereocenters. The molecule has 1 aliphatic rings. The van der Waals surface area contributed by atoms with Crippen LogP contribution in [0.4, 0.5) is 5.69 Å². The molecule has 1 aliphatic carbocycles. The van der Waals surface area contributed by atoms with Gasteiger partial charge in [0.15, 0.2) is 9.84 Å². The van der Waals surface area contributed by atoms with E-state index in [2.05, 4.69) is 4.98 Å². The summed E-state index contributed by atoms with van der Waals surface area (Å²) < 4.78 is 24.5. The lowest BCUT2D eigenvalue weighted by Gasteiger charge is -2.13. The number of rotatable bonds is 3. The zero-order valence-electron chi connectivity index (χ0n) is 10.9. The van der Waals surface area contributed by atoms with Gasteiger partial charge in [0, 0.05) is 11.9 Å². The number of nitrogens with two attached hydrogens (primary N) is 1. The summed E-state index contributed by atoms with van der Waals surface area (Å²) >= 11 is 0. The Labute approximate surface area is 109 Å². The van der Waals surface area contributed by atoms with Gasteiger partial charge in [-0.25, -0.2) is 8.42 Å². The first-order valence-corrected chi connectivity index (χ1v) is 8.05. The second-order valence-electron chi connectivity index (χ2n) is 5.14. The zero-order chi connectivity index (χ0) is 13.3. The summed E-state index contributed by atoms with van der Waals surface area (Å²) in [5.41, 5.74) is 8.88. The van der Waals surface area contributed by atoms with Crippen LogP contribution in [-0.4, -0.2) is 18.7 Å². The van der Waals surface area contributed by atoms with Crippen molar-refractivity contribution in [2.45, 2.75) is 50.5 Å². The van der Waals surface area contributed by atoms with E-state index in [1.807, 2.05) is 13.8 Å². The van der Waals surface area contributed by atoms with Crippen molar-refractivity contribution in [2.24, 2.45) is 0 Å². The number of anilines is 1. The Morgan fingerprint density at radius 1 is 1.33 bits per heavy atom. The van der Waals surface area contributed by atoms with Gasteiger partial charge in [0.2, 0.25) is 0 Å². The first-order valence-electron chi connectivity index (χ1n) is 6.34. The quantitative estimate of drug-likeness (QED) is 0.911. The molecule has 0 spiro atoms. The lowest BCUT2D eigenvalue weighted by molar-refractivity contribution is 0.578. The van der Waals surface area contributed by atoms with E-state index in [0.29, 0.717) is 11.4 Å². The highest BCUT2D eigenvalue weighted by molar-refractivity contribution is 7.91. The van der Waals surface area contributed by atoms with Gasteiger partial charge in [-0.1, -0.05) is 12.8 Å². The number of aryl methyl sites for hydroxylation is 1. The maximum atomic E-state index is 12.3. The predicted octanol–water partition coefficient (Wildman–Crippen LogP) is 2.14. The molecule has 1 heterocycles. The van der Waals surface area contributed by atoms with Crippen LogP contribution < -0.4 is 5.73 Å². The third-order valence-electron chi connectivity index (χ3n) is 3.82. The maximum Gasteiger partial charge on any atom is 0.158 e. The minimum Gasteiger partial charge on any atom is -0.398 e. The number of nitrogens with zero attached hydrogens (tertiary/aromatic N) is 1. The summed E-state index contributed by atoms with van der Waals surface area (Å²) in [6.07, 6.45) is 5.28. The van der Waals surface area contributed by atoms with Crippen molar-refractivity contribution in [1.29, 1.82) is 0 Å². The Morgan fingerprint density at radius 3 is 2.56 bits per heavy atom. The van der Waals surface area contributed by atoms with Crippen LogP contribution in [0.2, 0.25) is 0 Å². The minimum atomic E-state index is -3.08. The van der Waals surface area contributed by atoms with Crippen LogP contribution in [0, 0.1) is 13.8 Å². The molecule has 4 nitrogen and oxygen atoms in total. The Balaban J connectivity index is 2.26. The highest BCUT2D eigenvalue weighted by Gasteiger charge is 2.29. The van der Waals surface area contributed by atoms with Crippen molar-refractivity contribution in [3.63, 3.8) is 0 Å². The lowest BCUT2D eigenvalue weighted by atomic mass is 10.1. The molecule has 0 aromatic carbocycles. The Hall–Kier alpha value is -1.10. The van der Waals surface area contributed by atoms with Crippen molar-refractivity contribution in [3.8, 4) is 0 Å². The van der Waals surface area contributed by atoms with E-state index in [1.54, 1.807) is 6.20 Å². The molecule has 0 atom stereocenters. The van der Waals surface area contributed by atoms with E-state index in [-0.39, 0.29) is 11.0 Å². The van der Waals surface area contributed by atoms with Crippen molar-refractivity contribution in [3.05, 3.63) is 23.0 Å². The molecule has 5 heteroatoms. The monoisotopic (exact) mass is 268 g/mol. The second kappa shape index (κ2) is 4.88. The van der Waals surface area contributed by atoms with E-state index < -0.39 is 9.84 Å². The number of aromatic nitrogens is 1. The molecule has 1 aromatic heterocycles. The van der Waals surface area contributed by atoms with Gasteiger partial charge in [0.05, 0.1) is 16.7 Å². The Kier molecular flexibility index (Phi) is 3.61. The number of pyridine rings is 1. The minimum absolute atomic E-state index is 0.0218. The predicted molar refractivity (Wildman–Crippen MR) is 73.0 cm³/mol. The Bertz CT molecular complexity index is 546. The third-order valence-corrected chi connectivity index (χ3v) is 5.99. The standard InChI is InChI=1S/C13H20N2O2S/c1-9-7-15-12(10(2)13(9)14)8-18(16,17)11-5-3-4-6-11/h7,11H,3-6,8H2,1-2H3,(H2,14,15). The number of hydrogen-bond donors (Lipinski definition) is 1. The van der Waals surface area contributed by atoms with Crippen LogP contribution >= 0.6 is 0 Å². The molecule has 1 saturated carbocycles. The number of nitrogen functional groups attached to an aromatic ring is 1. The summed E-state index contributed by atoms with van der Waals surface area (Å²) in [5.74, 6) is 0.0218. The first-order chi connectivity index (χ1) is 8.42. The SMILES string of the molecule is Cc1cnc(CS(=O)(=O)C2CCCC2)c(C)c1N. The molecular weight excluding hydrogens is 248 g/mol. The summed E-state index contributed by atoms with van der Waals surface area (Å²) in [6, 6.07) is 0. The maximum absolute atomic E-state index is 12.3. The van der Waals surface area contributed by atoms with Crippen LogP contribution in [0.3, 0.4) is 0 Å². The molecule has 0 radical (unpaired) electrons.